The Morgan fingerprint density at radius 2 is 1.72 bits per heavy atom. The number of nitrogens with one attached hydrogen (secondary N) is 1. The molecule has 11 heteroatoms. The van der Waals surface area contributed by atoms with Crippen molar-refractivity contribution >= 4 is 33.4 Å². The molecule has 1 heterocycles. The lowest BCUT2D eigenvalue weighted by Crippen LogP contribution is -2.14. The molecule has 0 bridgehead atoms. The third kappa shape index (κ3) is 5.11. The van der Waals surface area contributed by atoms with Gasteiger partial charge in [0.05, 0.1) is 22.6 Å². The van der Waals surface area contributed by atoms with Crippen LogP contribution in [-0.2, 0) is 10.0 Å². The van der Waals surface area contributed by atoms with Gasteiger partial charge in [0.15, 0.2) is 5.82 Å². The molecule has 0 aliphatic carbocycles. The molecule has 0 radical (unpaired) electrons. The number of non-ortho nitro benzene ring substituents is 1. The number of anilines is 1. The zero-order valence-corrected chi connectivity index (χ0v) is 15.9. The number of hydrogen-bond donors (Lipinski definition) is 1. The molecular weight excluding hydrogens is 398 g/mol. The van der Waals surface area contributed by atoms with Gasteiger partial charge in [-0.05, 0) is 48.0 Å². The Balaban J connectivity index is 1.70. The van der Waals surface area contributed by atoms with Crippen LogP contribution < -0.4 is 9.46 Å². The standard InChI is InChI=1S/C18H15N5O5S/c1-28-18-11-10-17(20-21-18)22-29(26,27)16-8-4-14(5-9-16)19-12-13-2-6-15(7-3-13)23(24)25/h2-12H,1H3,(H,20,22). The largest absolute Gasteiger partial charge is 0.480 e. The summed E-state index contributed by atoms with van der Waals surface area (Å²) in [6, 6.07) is 14.7. The first-order valence-corrected chi connectivity index (χ1v) is 9.65. The summed E-state index contributed by atoms with van der Waals surface area (Å²) >= 11 is 0. The normalized spacial score (nSPS) is 11.3. The Hall–Kier alpha value is -3.86. The van der Waals surface area contributed by atoms with Crippen molar-refractivity contribution in [3.63, 3.8) is 0 Å². The van der Waals surface area contributed by atoms with Crippen molar-refractivity contribution in [1.29, 1.82) is 0 Å². The van der Waals surface area contributed by atoms with E-state index in [0.29, 0.717) is 11.3 Å². The number of nitro benzene ring substituents is 1. The number of nitro groups is 1. The molecule has 1 N–H and O–H groups in total. The Labute approximate surface area is 166 Å². The number of ether oxygens (including phenoxy) is 1. The van der Waals surface area contributed by atoms with Gasteiger partial charge in [-0.15, -0.1) is 10.2 Å². The maximum absolute atomic E-state index is 12.4. The van der Waals surface area contributed by atoms with Gasteiger partial charge in [0.1, 0.15) is 0 Å². The van der Waals surface area contributed by atoms with Gasteiger partial charge in [-0.25, -0.2) is 8.42 Å². The van der Waals surface area contributed by atoms with Crippen LogP contribution in [0.2, 0.25) is 0 Å². The molecular formula is C18H15N5O5S. The van der Waals surface area contributed by atoms with Crippen LogP contribution in [0.3, 0.4) is 0 Å². The van der Waals surface area contributed by atoms with E-state index in [1.54, 1.807) is 12.1 Å². The summed E-state index contributed by atoms with van der Waals surface area (Å²) in [5.41, 5.74) is 1.18. The van der Waals surface area contributed by atoms with Crippen LogP contribution in [0.15, 0.2) is 70.6 Å². The molecule has 0 aliphatic heterocycles. The fourth-order valence-electron chi connectivity index (χ4n) is 2.22. The van der Waals surface area contributed by atoms with E-state index in [2.05, 4.69) is 19.9 Å². The first kappa shape index (κ1) is 19.9. The average molecular weight is 413 g/mol. The van der Waals surface area contributed by atoms with Crippen molar-refractivity contribution in [2.45, 2.75) is 4.90 Å². The fraction of sp³-hybridized carbons (Fsp3) is 0.0556. The molecule has 2 aromatic carbocycles. The van der Waals surface area contributed by atoms with E-state index < -0.39 is 14.9 Å². The maximum Gasteiger partial charge on any atom is 0.269 e. The van der Waals surface area contributed by atoms with E-state index in [4.69, 9.17) is 4.74 Å². The second kappa shape index (κ2) is 8.44. The molecule has 0 amide bonds. The Morgan fingerprint density at radius 1 is 1.03 bits per heavy atom. The van der Waals surface area contributed by atoms with Crippen molar-refractivity contribution in [3.8, 4) is 5.88 Å². The summed E-state index contributed by atoms with van der Waals surface area (Å²) < 4.78 is 32.1. The van der Waals surface area contributed by atoms with Crippen LogP contribution in [0, 0.1) is 10.1 Å². The van der Waals surface area contributed by atoms with Crippen molar-refractivity contribution in [3.05, 3.63) is 76.3 Å². The van der Waals surface area contributed by atoms with Crippen molar-refractivity contribution < 1.29 is 18.1 Å². The monoisotopic (exact) mass is 413 g/mol. The van der Waals surface area contributed by atoms with Gasteiger partial charge >= 0.3 is 0 Å². The number of aliphatic imine (C=N–C) groups is 1. The lowest BCUT2D eigenvalue weighted by molar-refractivity contribution is -0.384. The minimum absolute atomic E-state index is 0.00856. The van der Waals surface area contributed by atoms with Crippen molar-refractivity contribution in [2.75, 3.05) is 11.8 Å². The number of sulfonamides is 1. The van der Waals surface area contributed by atoms with Crippen LogP contribution in [0.25, 0.3) is 0 Å². The fourth-order valence-corrected chi connectivity index (χ4v) is 3.22. The molecule has 10 nitrogen and oxygen atoms in total. The Bertz CT molecular complexity index is 1130. The van der Waals surface area contributed by atoms with Gasteiger partial charge in [0.2, 0.25) is 5.88 Å². The third-order valence-electron chi connectivity index (χ3n) is 3.70. The van der Waals surface area contributed by atoms with E-state index in [1.807, 2.05) is 0 Å². The lowest BCUT2D eigenvalue weighted by Gasteiger charge is -2.07. The van der Waals surface area contributed by atoms with Gasteiger partial charge in [-0.2, -0.15) is 0 Å². The molecule has 3 rings (SSSR count). The van der Waals surface area contributed by atoms with E-state index in [1.165, 1.54) is 61.9 Å². The number of rotatable bonds is 7. The number of hydrogen-bond acceptors (Lipinski definition) is 8. The molecule has 29 heavy (non-hydrogen) atoms. The van der Waals surface area contributed by atoms with Crippen LogP contribution in [0.5, 0.6) is 5.88 Å². The van der Waals surface area contributed by atoms with E-state index in [9.17, 15) is 18.5 Å². The summed E-state index contributed by atoms with van der Waals surface area (Å²) in [7, 11) is -2.41. The van der Waals surface area contributed by atoms with Crippen LogP contribution in [0.1, 0.15) is 5.56 Å². The molecule has 0 fully saturated rings. The summed E-state index contributed by atoms with van der Waals surface area (Å²) in [6.07, 6.45) is 1.53. The molecule has 0 atom stereocenters. The molecule has 0 unspecified atom stereocenters. The predicted molar refractivity (Wildman–Crippen MR) is 106 cm³/mol. The molecule has 148 valence electrons. The molecule has 3 aromatic rings. The van der Waals surface area contributed by atoms with Crippen LogP contribution in [-0.4, -0.2) is 36.9 Å². The zero-order chi connectivity index (χ0) is 20.9. The highest BCUT2D eigenvalue weighted by atomic mass is 32.2. The minimum atomic E-state index is -3.84. The Kier molecular flexibility index (Phi) is 5.79. The number of methoxy groups -OCH3 is 1. The van der Waals surface area contributed by atoms with Crippen LogP contribution in [0.4, 0.5) is 17.2 Å². The highest BCUT2D eigenvalue weighted by Gasteiger charge is 2.15. The molecule has 0 saturated carbocycles. The molecule has 1 aromatic heterocycles. The predicted octanol–water partition coefficient (Wildman–Crippen LogP) is 2.94. The smallest absolute Gasteiger partial charge is 0.269 e. The summed E-state index contributed by atoms with van der Waals surface area (Å²) in [5.74, 6) is 0.328. The highest BCUT2D eigenvalue weighted by molar-refractivity contribution is 7.92. The number of nitrogens with zero attached hydrogens (tertiary/aromatic N) is 4. The van der Waals surface area contributed by atoms with E-state index >= 15 is 0 Å². The second-order valence-electron chi connectivity index (χ2n) is 5.67. The summed E-state index contributed by atoms with van der Waals surface area (Å²) in [5, 5.41) is 18.1. The third-order valence-corrected chi connectivity index (χ3v) is 5.07. The molecule has 0 aliphatic rings. The molecule has 0 saturated heterocycles. The van der Waals surface area contributed by atoms with Crippen LogP contribution >= 0.6 is 0 Å². The zero-order valence-electron chi connectivity index (χ0n) is 15.1. The average Bonchev–Trinajstić information content (AvgIpc) is 2.73. The first-order valence-electron chi connectivity index (χ1n) is 8.16. The lowest BCUT2D eigenvalue weighted by atomic mass is 10.2. The number of aromatic nitrogens is 2. The minimum Gasteiger partial charge on any atom is -0.480 e. The van der Waals surface area contributed by atoms with Gasteiger partial charge in [0, 0.05) is 24.4 Å². The van der Waals surface area contributed by atoms with E-state index in [0.717, 1.165) is 0 Å². The van der Waals surface area contributed by atoms with Gasteiger partial charge in [-0.3, -0.25) is 19.8 Å². The SMILES string of the molecule is COc1ccc(NS(=O)(=O)c2ccc(N=Cc3ccc([N+](=O)[O-])cc3)cc2)nn1. The summed E-state index contributed by atoms with van der Waals surface area (Å²) in [4.78, 5) is 14.4. The topological polar surface area (TPSA) is 137 Å². The van der Waals surface area contributed by atoms with E-state index in [-0.39, 0.29) is 22.3 Å². The quantitative estimate of drug-likeness (QED) is 0.357. The first-order chi connectivity index (χ1) is 13.9. The Morgan fingerprint density at radius 3 is 2.28 bits per heavy atom. The van der Waals surface area contributed by atoms with Gasteiger partial charge < -0.3 is 4.74 Å². The van der Waals surface area contributed by atoms with Gasteiger partial charge in [-0.1, -0.05) is 0 Å². The highest BCUT2D eigenvalue weighted by Crippen LogP contribution is 2.19. The number of benzene rings is 2. The molecule has 0 spiro atoms. The van der Waals surface area contributed by atoms with Crippen molar-refractivity contribution in [2.24, 2.45) is 4.99 Å². The van der Waals surface area contributed by atoms with Crippen molar-refractivity contribution in [1.82, 2.24) is 10.2 Å². The van der Waals surface area contributed by atoms with Gasteiger partial charge in [0.25, 0.3) is 15.7 Å². The second-order valence-corrected chi connectivity index (χ2v) is 7.35. The summed E-state index contributed by atoms with van der Waals surface area (Å²) in [6.45, 7) is 0. The maximum atomic E-state index is 12.4.